The number of nitrogens with one attached hydrogen (secondary N) is 2. The van der Waals surface area contributed by atoms with Gasteiger partial charge < -0.3 is 10.6 Å². The van der Waals surface area contributed by atoms with Crippen molar-refractivity contribution in [3.05, 3.63) is 60.4 Å². The maximum Gasteiger partial charge on any atom is 0.170 e. The Kier molecular flexibility index (Phi) is 5.11. The van der Waals surface area contributed by atoms with Gasteiger partial charge in [-0.1, -0.05) is 56.3 Å². The van der Waals surface area contributed by atoms with Gasteiger partial charge in [0.2, 0.25) is 0 Å². The van der Waals surface area contributed by atoms with E-state index in [1.165, 1.54) is 16.3 Å². The number of hydrogen-bond donors (Lipinski definition) is 2. The van der Waals surface area contributed by atoms with E-state index in [1.54, 1.807) is 6.20 Å². The van der Waals surface area contributed by atoms with Crippen molar-refractivity contribution in [2.75, 3.05) is 11.9 Å². The third-order valence-electron chi connectivity index (χ3n) is 3.77. The molecule has 0 aliphatic heterocycles. The normalized spacial score (nSPS) is 11.0. The molecule has 0 aliphatic rings. The predicted octanol–water partition coefficient (Wildman–Crippen LogP) is 4.03. The second-order valence-corrected chi connectivity index (χ2v) is 6.70. The highest BCUT2D eigenvalue weighted by atomic mass is 32.1. The van der Waals surface area contributed by atoms with Gasteiger partial charge in [-0.05, 0) is 34.5 Å². The molecule has 2 aromatic carbocycles. The number of thiocarbonyl (C=S) groups is 1. The van der Waals surface area contributed by atoms with E-state index in [1.807, 2.05) is 10.9 Å². The third-order valence-corrected chi connectivity index (χ3v) is 4.02. The van der Waals surface area contributed by atoms with Crippen LogP contribution in [0.25, 0.3) is 10.8 Å². The van der Waals surface area contributed by atoms with Crippen LogP contribution in [0.1, 0.15) is 19.4 Å². The Bertz CT molecular complexity index is 833. The highest BCUT2D eigenvalue weighted by Crippen LogP contribution is 2.19. The van der Waals surface area contributed by atoms with E-state index >= 15 is 0 Å². The van der Waals surface area contributed by atoms with E-state index in [2.05, 4.69) is 72.0 Å². The standard InChI is InChI=1S/C19H22N4S/c1-14(2)10-20-19(24)22-17-11-21-23(13-17)12-16-8-5-7-15-6-3-4-9-18(15)16/h3-9,11,13-14H,10,12H2,1-2H3,(H2,20,22,24). The van der Waals surface area contributed by atoms with Gasteiger partial charge in [-0.25, -0.2) is 0 Å². The molecular weight excluding hydrogens is 316 g/mol. The largest absolute Gasteiger partial charge is 0.362 e. The number of hydrogen-bond acceptors (Lipinski definition) is 2. The van der Waals surface area contributed by atoms with E-state index in [-0.39, 0.29) is 0 Å². The van der Waals surface area contributed by atoms with Crippen molar-refractivity contribution in [3.8, 4) is 0 Å². The molecule has 2 N–H and O–H groups in total. The fourth-order valence-corrected chi connectivity index (χ4v) is 2.79. The van der Waals surface area contributed by atoms with Gasteiger partial charge in [0, 0.05) is 12.7 Å². The van der Waals surface area contributed by atoms with Crippen LogP contribution in [0.3, 0.4) is 0 Å². The lowest BCUT2D eigenvalue weighted by Gasteiger charge is -2.10. The molecule has 0 fully saturated rings. The van der Waals surface area contributed by atoms with E-state index < -0.39 is 0 Å². The Morgan fingerprint density at radius 1 is 1.17 bits per heavy atom. The fourth-order valence-electron chi connectivity index (χ4n) is 2.59. The smallest absolute Gasteiger partial charge is 0.170 e. The fraction of sp³-hybridized carbons (Fsp3) is 0.263. The number of fused-ring (bicyclic) bond motifs is 1. The highest BCUT2D eigenvalue weighted by molar-refractivity contribution is 7.80. The summed E-state index contributed by atoms with van der Waals surface area (Å²) in [5, 5.41) is 14.0. The molecule has 0 atom stereocenters. The van der Waals surface area contributed by atoms with Crippen LogP contribution in [0, 0.1) is 5.92 Å². The molecule has 0 saturated heterocycles. The van der Waals surface area contributed by atoms with E-state index in [4.69, 9.17) is 12.2 Å². The Hall–Kier alpha value is -2.40. The molecule has 1 aromatic heterocycles. The molecule has 5 heteroatoms. The topological polar surface area (TPSA) is 41.9 Å². The van der Waals surface area contributed by atoms with Gasteiger partial charge in [0.1, 0.15) is 0 Å². The van der Waals surface area contributed by atoms with Gasteiger partial charge in [0.25, 0.3) is 0 Å². The second kappa shape index (κ2) is 7.45. The van der Waals surface area contributed by atoms with Crippen molar-refractivity contribution < 1.29 is 0 Å². The van der Waals surface area contributed by atoms with Crippen LogP contribution in [0.15, 0.2) is 54.9 Å². The van der Waals surface area contributed by atoms with E-state index in [0.717, 1.165) is 18.8 Å². The Morgan fingerprint density at radius 2 is 1.96 bits per heavy atom. The van der Waals surface area contributed by atoms with Gasteiger partial charge in [0.05, 0.1) is 18.4 Å². The number of benzene rings is 2. The molecule has 3 aromatic rings. The first kappa shape index (κ1) is 16.5. The van der Waals surface area contributed by atoms with Crippen LogP contribution >= 0.6 is 12.2 Å². The minimum atomic E-state index is 0.554. The van der Waals surface area contributed by atoms with Crippen molar-refractivity contribution in [2.24, 2.45) is 5.92 Å². The minimum Gasteiger partial charge on any atom is -0.362 e. The van der Waals surface area contributed by atoms with Crippen LogP contribution in [0.5, 0.6) is 0 Å². The summed E-state index contributed by atoms with van der Waals surface area (Å²) < 4.78 is 1.93. The average molecular weight is 338 g/mol. The van der Waals surface area contributed by atoms with Crippen LogP contribution in [-0.2, 0) is 6.54 Å². The second-order valence-electron chi connectivity index (χ2n) is 6.29. The predicted molar refractivity (Wildman–Crippen MR) is 104 cm³/mol. The summed E-state index contributed by atoms with van der Waals surface area (Å²) in [7, 11) is 0. The summed E-state index contributed by atoms with van der Waals surface area (Å²) in [5.41, 5.74) is 2.15. The van der Waals surface area contributed by atoms with E-state index in [0.29, 0.717) is 11.0 Å². The van der Waals surface area contributed by atoms with Crippen LogP contribution in [0.4, 0.5) is 5.69 Å². The molecule has 0 spiro atoms. The SMILES string of the molecule is CC(C)CNC(=S)Nc1cnn(Cc2cccc3ccccc23)c1. The highest BCUT2D eigenvalue weighted by Gasteiger charge is 2.05. The lowest BCUT2D eigenvalue weighted by molar-refractivity contribution is 0.627. The molecule has 0 unspecified atom stereocenters. The molecule has 0 aliphatic carbocycles. The molecule has 0 saturated carbocycles. The molecule has 4 nitrogen and oxygen atoms in total. The maximum absolute atomic E-state index is 5.30. The van der Waals surface area contributed by atoms with Crippen molar-refractivity contribution in [2.45, 2.75) is 20.4 Å². The first-order valence-corrected chi connectivity index (χ1v) is 8.56. The molecule has 1 heterocycles. The first-order valence-electron chi connectivity index (χ1n) is 8.16. The Morgan fingerprint density at radius 3 is 2.79 bits per heavy atom. The number of anilines is 1. The van der Waals surface area contributed by atoms with Crippen molar-refractivity contribution in [3.63, 3.8) is 0 Å². The minimum absolute atomic E-state index is 0.554. The zero-order valence-electron chi connectivity index (χ0n) is 14.0. The molecule has 0 amide bonds. The lowest BCUT2D eigenvalue weighted by Crippen LogP contribution is -2.31. The molecule has 3 rings (SSSR count). The molecule has 0 bridgehead atoms. The quantitative estimate of drug-likeness (QED) is 0.689. The molecular formula is C19H22N4S. The molecule has 124 valence electrons. The van der Waals surface area contributed by atoms with Gasteiger partial charge in [0.15, 0.2) is 5.11 Å². The Balaban J connectivity index is 1.68. The summed E-state index contributed by atoms with van der Waals surface area (Å²) in [6.07, 6.45) is 3.78. The van der Waals surface area contributed by atoms with Gasteiger partial charge in [-0.15, -0.1) is 0 Å². The summed E-state index contributed by atoms with van der Waals surface area (Å²) >= 11 is 5.30. The van der Waals surface area contributed by atoms with Crippen LogP contribution < -0.4 is 10.6 Å². The lowest BCUT2D eigenvalue weighted by atomic mass is 10.0. The van der Waals surface area contributed by atoms with Gasteiger partial charge in [-0.2, -0.15) is 5.10 Å². The monoisotopic (exact) mass is 338 g/mol. The van der Waals surface area contributed by atoms with Crippen LogP contribution in [-0.4, -0.2) is 21.4 Å². The van der Waals surface area contributed by atoms with Crippen LogP contribution in [0.2, 0.25) is 0 Å². The Labute approximate surface area is 147 Å². The zero-order chi connectivity index (χ0) is 16.9. The number of nitrogens with zero attached hydrogens (tertiary/aromatic N) is 2. The van der Waals surface area contributed by atoms with Gasteiger partial charge >= 0.3 is 0 Å². The summed E-state index contributed by atoms with van der Waals surface area (Å²) in [6.45, 7) is 5.89. The maximum atomic E-state index is 5.30. The van der Waals surface area contributed by atoms with E-state index in [9.17, 15) is 0 Å². The van der Waals surface area contributed by atoms with Gasteiger partial charge in [-0.3, -0.25) is 4.68 Å². The third kappa shape index (κ3) is 4.11. The molecule has 0 radical (unpaired) electrons. The van der Waals surface area contributed by atoms with Crippen molar-refractivity contribution in [1.29, 1.82) is 0 Å². The number of aromatic nitrogens is 2. The average Bonchev–Trinajstić information content (AvgIpc) is 3.00. The summed E-state index contributed by atoms with van der Waals surface area (Å²) in [5.74, 6) is 0.554. The summed E-state index contributed by atoms with van der Waals surface area (Å²) in [6, 6.07) is 14.8. The number of rotatable bonds is 5. The van der Waals surface area contributed by atoms with Crippen molar-refractivity contribution in [1.82, 2.24) is 15.1 Å². The molecule has 24 heavy (non-hydrogen) atoms. The van der Waals surface area contributed by atoms with Crippen molar-refractivity contribution >= 4 is 33.8 Å². The summed E-state index contributed by atoms with van der Waals surface area (Å²) in [4.78, 5) is 0. The zero-order valence-corrected chi connectivity index (χ0v) is 14.8. The first-order chi connectivity index (χ1) is 11.6.